The van der Waals surface area contributed by atoms with Gasteiger partial charge in [-0.2, -0.15) is 0 Å². The number of likely N-dealkylation sites (N-methyl/N-ethyl adjacent to an activating group) is 1. The quantitative estimate of drug-likeness (QED) is 0.599. The predicted octanol–water partition coefficient (Wildman–Crippen LogP) is 3.09. The molecular formula is C25H27FN6O. The van der Waals surface area contributed by atoms with E-state index in [1.54, 1.807) is 6.92 Å². The Kier molecular flexibility index (Phi) is 4.51. The number of pyridine rings is 1. The predicted molar refractivity (Wildman–Crippen MR) is 124 cm³/mol. The van der Waals surface area contributed by atoms with Crippen LogP contribution in [0.25, 0.3) is 22.2 Å². The lowest BCUT2D eigenvalue weighted by atomic mass is 10.0. The number of aliphatic hydroxyl groups is 1. The zero-order valence-corrected chi connectivity index (χ0v) is 18.8. The van der Waals surface area contributed by atoms with Crippen LogP contribution in [-0.2, 0) is 0 Å². The molecule has 4 heterocycles. The van der Waals surface area contributed by atoms with Crippen molar-refractivity contribution in [3.63, 3.8) is 0 Å². The van der Waals surface area contributed by atoms with Gasteiger partial charge in [0.05, 0.1) is 23.4 Å². The van der Waals surface area contributed by atoms with Gasteiger partial charge in [-0.25, -0.2) is 19.3 Å². The maximum Gasteiger partial charge on any atom is 0.220 e. The number of fused-ring (bicyclic) bond motifs is 1. The number of aromatic nitrogens is 4. The number of rotatable bonds is 4. The first-order valence-electron chi connectivity index (χ1n) is 11.6. The van der Waals surface area contributed by atoms with Gasteiger partial charge in [-0.3, -0.25) is 0 Å². The highest BCUT2D eigenvalue weighted by molar-refractivity contribution is 5.97. The van der Waals surface area contributed by atoms with Crippen molar-refractivity contribution in [3.05, 3.63) is 35.7 Å². The van der Waals surface area contributed by atoms with Crippen LogP contribution >= 0.6 is 0 Å². The molecule has 170 valence electrons. The average molecular weight is 447 g/mol. The molecule has 1 saturated heterocycles. The van der Waals surface area contributed by atoms with Crippen LogP contribution in [0.1, 0.15) is 56.0 Å². The summed E-state index contributed by atoms with van der Waals surface area (Å²) in [7, 11) is 2.09. The number of hydrogen-bond acceptors (Lipinski definition) is 6. The second kappa shape index (κ2) is 7.24. The number of anilines is 1. The molecular weight excluding hydrogens is 419 g/mol. The third-order valence-electron chi connectivity index (χ3n) is 7.07. The molecule has 3 aliphatic rings. The van der Waals surface area contributed by atoms with Crippen molar-refractivity contribution < 1.29 is 9.50 Å². The molecule has 7 nitrogen and oxygen atoms in total. The lowest BCUT2D eigenvalue weighted by molar-refractivity contribution is 0.0980. The lowest BCUT2D eigenvalue weighted by Gasteiger charge is -2.37. The van der Waals surface area contributed by atoms with Crippen molar-refractivity contribution in [2.24, 2.45) is 5.92 Å². The largest absolute Gasteiger partial charge is 0.378 e. The molecule has 0 bridgehead atoms. The van der Waals surface area contributed by atoms with Crippen LogP contribution in [-0.4, -0.2) is 55.3 Å². The van der Waals surface area contributed by atoms with E-state index < -0.39 is 11.4 Å². The van der Waals surface area contributed by atoms with Crippen LogP contribution < -0.4 is 5.73 Å². The minimum atomic E-state index is -1.02. The van der Waals surface area contributed by atoms with Crippen molar-refractivity contribution in [2.75, 3.05) is 25.9 Å². The average Bonchev–Trinajstić information content (AvgIpc) is 3.66. The van der Waals surface area contributed by atoms with E-state index in [0.717, 1.165) is 61.6 Å². The van der Waals surface area contributed by atoms with Crippen LogP contribution in [0.5, 0.6) is 0 Å². The normalized spacial score (nSPS) is 20.8. The summed E-state index contributed by atoms with van der Waals surface area (Å²) in [6.45, 7) is 3.62. The van der Waals surface area contributed by atoms with E-state index in [1.165, 1.54) is 0 Å². The summed E-state index contributed by atoms with van der Waals surface area (Å²) in [4.78, 5) is 15.2. The minimum Gasteiger partial charge on any atom is -0.378 e. The van der Waals surface area contributed by atoms with E-state index in [4.69, 9.17) is 10.7 Å². The molecule has 0 amide bonds. The highest BCUT2D eigenvalue weighted by atomic mass is 19.1. The molecule has 1 atom stereocenters. The Hall–Kier alpha value is -3.02. The van der Waals surface area contributed by atoms with Gasteiger partial charge in [-0.15, -0.1) is 0 Å². The Morgan fingerprint density at radius 1 is 1.21 bits per heavy atom. The summed E-state index contributed by atoms with van der Waals surface area (Å²) in [6, 6.07) is 2.20. The Labute approximate surface area is 191 Å². The van der Waals surface area contributed by atoms with Gasteiger partial charge < -0.3 is 20.3 Å². The number of hydrogen-bond donors (Lipinski definition) is 2. The van der Waals surface area contributed by atoms with Crippen LogP contribution in [0, 0.1) is 23.6 Å². The molecule has 6 rings (SSSR count). The molecule has 3 N–H and O–H groups in total. The molecule has 1 unspecified atom stereocenters. The summed E-state index contributed by atoms with van der Waals surface area (Å²) >= 11 is 0. The summed E-state index contributed by atoms with van der Waals surface area (Å²) in [5.41, 5.74) is 8.29. The molecule has 1 aliphatic heterocycles. The Bertz CT molecular complexity index is 1320. The van der Waals surface area contributed by atoms with Crippen molar-refractivity contribution in [1.29, 1.82) is 0 Å². The van der Waals surface area contributed by atoms with Crippen molar-refractivity contribution in [2.45, 2.75) is 50.2 Å². The van der Waals surface area contributed by atoms with Gasteiger partial charge in [-0.1, -0.05) is 5.92 Å². The van der Waals surface area contributed by atoms with Crippen LogP contribution in [0.3, 0.4) is 0 Å². The molecule has 0 spiro atoms. The first-order chi connectivity index (χ1) is 15.8. The third-order valence-corrected chi connectivity index (χ3v) is 7.07. The third kappa shape index (κ3) is 3.65. The SMILES string of the molecule is CN1CC(n2cc(-c3nc(N)ncc3F)c3cc(C#CC(C)(O)C4CC4)nc(C4CC4)c32)C1. The van der Waals surface area contributed by atoms with E-state index in [1.807, 2.05) is 12.3 Å². The Balaban J connectivity index is 1.57. The standard InChI is InChI=1S/C25H27FN6O/c1-25(33,15-5-6-15)8-7-16-9-18-19(22-20(26)10-28-24(27)30-22)13-32(17-11-31(2)12-17)23(18)21(29-16)14-3-4-14/h9-10,13-15,17,33H,3-6,11-12H2,1-2H3,(H2,27,28,30). The maximum atomic E-state index is 14.8. The smallest absolute Gasteiger partial charge is 0.220 e. The summed E-state index contributed by atoms with van der Waals surface area (Å²) in [5, 5.41) is 11.5. The Morgan fingerprint density at radius 2 is 1.97 bits per heavy atom. The van der Waals surface area contributed by atoms with Gasteiger partial charge in [-0.05, 0) is 57.6 Å². The summed E-state index contributed by atoms with van der Waals surface area (Å²) < 4.78 is 17.1. The van der Waals surface area contributed by atoms with E-state index in [0.29, 0.717) is 23.2 Å². The summed E-state index contributed by atoms with van der Waals surface area (Å²) in [5.74, 6) is 6.28. The zero-order valence-electron chi connectivity index (χ0n) is 18.8. The van der Waals surface area contributed by atoms with E-state index in [2.05, 4.69) is 38.3 Å². The maximum absolute atomic E-state index is 14.8. The fourth-order valence-corrected chi connectivity index (χ4v) is 4.84. The number of likely N-dealkylation sites (tertiary alicyclic amines) is 1. The van der Waals surface area contributed by atoms with Crippen molar-refractivity contribution in [1.82, 2.24) is 24.4 Å². The lowest BCUT2D eigenvalue weighted by Crippen LogP contribution is -2.44. The van der Waals surface area contributed by atoms with Crippen molar-refractivity contribution in [3.8, 4) is 23.1 Å². The van der Waals surface area contributed by atoms with Gasteiger partial charge in [0.25, 0.3) is 0 Å². The molecule has 0 radical (unpaired) electrons. The molecule has 2 saturated carbocycles. The van der Waals surface area contributed by atoms with Gasteiger partial charge in [0.1, 0.15) is 17.0 Å². The second-order valence-electron chi connectivity index (χ2n) is 9.98. The monoisotopic (exact) mass is 446 g/mol. The topological polar surface area (TPSA) is 93.1 Å². The van der Waals surface area contributed by atoms with E-state index in [-0.39, 0.29) is 17.6 Å². The van der Waals surface area contributed by atoms with E-state index in [9.17, 15) is 9.50 Å². The zero-order chi connectivity index (χ0) is 22.9. The molecule has 0 aromatic carbocycles. The first-order valence-corrected chi connectivity index (χ1v) is 11.6. The molecule has 33 heavy (non-hydrogen) atoms. The van der Waals surface area contributed by atoms with Crippen LogP contribution in [0.4, 0.5) is 10.3 Å². The fraction of sp³-hybridized carbons (Fsp3) is 0.480. The van der Waals surface area contributed by atoms with Gasteiger partial charge in [0.2, 0.25) is 5.95 Å². The molecule has 3 aromatic heterocycles. The number of nitrogen functional groups attached to an aromatic ring is 1. The molecule has 3 fully saturated rings. The molecule has 8 heteroatoms. The highest BCUT2D eigenvalue weighted by Gasteiger charge is 2.39. The van der Waals surface area contributed by atoms with Crippen molar-refractivity contribution >= 4 is 16.9 Å². The number of halogens is 1. The van der Waals surface area contributed by atoms with Crippen LogP contribution in [0.15, 0.2) is 18.5 Å². The minimum absolute atomic E-state index is 0.0349. The Morgan fingerprint density at radius 3 is 2.64 bits per heavy atom. The van der Waals surface area contributed by atoms with Gasteiger partial charge in [0.15, 0.2) is 5.82 Å². The molecule has 3 aromatic rings. The first kappa shape index (κ1) is 20.6. The number of nitrogens with zero attached hydrogens (tertiary/aromatic N) is 5. The van der Waals surface area contributed by atoms with E-state index >= 15 is 0 Å². The fourth-order valence-electron chi connectivity index (χ4n) is 4.84. The number of nitrogens with two attached hydrogens (primary N) is 1. The van der Waals surface area contributed by atoms with Crippen LogP contribution in [0.2, 0.25) is 0 Å². The summed E-state index contributed by atoms with van der Waals surface area (Å²) in [6.07, 6.45) is 7.27. The molecule has 2 aliphatic carbocycles. The van der Waals surface area contributed by atoms with Gasteiger partial charge in [0, 0.05) is 36.2 Å². The highest BCUT2D eigenvalue weighted by Crippen LogP contribution is 2.46. The van der Waals surface area contributed by atoms with Gasteiger partial charge >= 0.3 is 0 Å². The second-order valence-corrected chi connectivity index (χ2v) is 9.98.